The molecule has 0 aliphatic carbocycles. The third-order valence-corrected chi connectivity index (χ3v) is 3.12. The van der Waals surface area contributed by atoms with Gasteiger partial charge in [0.2, 0.25) is 0 Å². The molecule has 0 unspecified atom stereocenters. The van der Waals surface area contributed by atoms with Gasteiger partial charge in [-0.25, -0.2) is 0 Å². The Morgan fingerprint density at radius 1 is 1.69 bits per heavy atom. The van der Waals surface area contributed by atoms with E-state index < -0.39 is 5.97 Å². The molecule has 0 bridgehead atoms. The molecule has 0 aromatic carbocycles. The van der Waals surface area contributed by atoms with E-state index >= 15 is 0 Å². The number of nitrogens with zero attached hydrogens (tertiary/aromatic N) is 4. The number of piperidine rings is 1. The third kappa shape index (κ3) is 2.35. The molecule has 2 atom stereocenters. The fraction of sp³-hybridized carbons (Fsp3) is 0.778. The van der Waals surface area contributed by atoms with Crippen molar-refractivity contribution in [1.29, 1.82) is 0 Å². The summed E-state index contributed by atoms with van der Waals surface area (Å²) in [5.41, 5.74) is 0. The normalized spacial score (nSPS) is 26.8. The van der Waals surface area contributed by atoms with Crippen LogP contribution in [0.15, 0.2) is 0 Å². The van der Waals surface area contributed by atoms with Crippen LogP contribution in [0.3, 0.4) is 0 Å². The van der Waals surface area contributed by atoms with E-state index in [9.17, 15) is 4.79 Å². The molecule has 2 heterocycles. The fourth-order valence-corrected chi connectivity index (χ4v) is 2.16. The number of likely N-dealkylation sites (N-methyl/N-ethyl adjacent to an activating group) is 1. The Morgan fingerprint density at radius 3 is 3.12 bits per heavy atom. The Kier molecular flexibility index (Phi) is 3.14. The number of aliphatic carboxylic acids is 1. The highest BCUT2D eigenvalue weighted by Crippen LogP contribution is 2.24. The largest absolute Gasteiger partial charge is 0.480 e. The van der Waals surface area contributed by atoms with Crippen molar-refractivity contribution in [3.8, 4) is 0 Å². The molecule has 2 N–H and O–H groups in total. The van der Waals surface area contributed by atoms with Crippen LogP contribution in [0.4, 0.5) is 0 Å². The number of nitrogens with one attached hydrogen (secondary N) is 1. The molecule has 1 aliphatic rings. The van der Waals surface area contributed by atoms with Crippen LogP contribution < -0.4 is 0 Å². The zero-order valence-corrected chi connectivity index (χ0v) is 9.13. The molecule has 0 radical (unpaired) electrons. The highest BCUT2D eigenvalue weighted by atomic mass is 16.4. The molecule has 1 aromatic rings. The second-order valence-electron chi connectivity index (χ2n) is 4.26. The lowest BCUT2D eigenvalue weighted by Gasteiger charge is -2.34. The number of likely N-dealkylation sites (tertiary alicyclic amines) is 1. The summed E-state index contributed by atoms with van der Waals surface area (Å²) in [5.74, 6) is 0.244. The maximum absolute atomic E-state index is 11.0. The maximum Gasteiger partial charge on any atom is 0.320 e. The standard InChI is InChI=1S/C9H15N5O2/c1-14-3-2-6(4-7(14)9(15)16)5-8-10-12-13-11-8/h6-7H,2-5H2,1H3,(H,15,16)(H,10,11,12,13)/t6-,7+/m0/s1. The van der Waals surface area contributed by atoms with Crippen molar-refractivity contribution in [2.24, 2.45) is 5.92 Å². The van der Waals surface area contributed by atoms with Gasteiger partial charge in [0.05, 0.1) is 0 Å². The summed E-state index contributed by atoms with van der Waals surface area (Å²) < 4.78 is 0. The summed E-state index contributed by atoms with van der Waals surface area (Å²) in [4.78, 5) is 12.9. The van der Waals surface area contributed by atoms with Gasteiger partial charge in [0.1, 0.15) is 6.04 Å². The van der Waals surface area contributed by atoms with E-state index in [0.29, 0.717) is 24.6 Å². The van der Waals surface area contributed by atoms with Crippen LogP contribution >= 0.6 is 0 Å². The van der Waals surface area contributed by atoms with E-state index in [2.05, 4.69) is 20.6 Å². The van der Waals surface area contributed by atoms with Gasteiger partial charge in [0.15, 0.2) is 5.82 Å². The van der Waals surface area contributed by atoms with Crippen LogP contribution in [0, 0.1) is 5.92 Å². The van der Waals surface area contributed by atoms with Crippen molar-refractivity contribution in [3.05, 3.63) is 5.82 Å². The zero-order chi connectivity index (χ0) is 11.5. The molecule has 88 valence electrons. The van der Waals surface area contributed by atoms with E-state index in [1.54, 1.807) is 0 Å². The lowest BCUT2D eigenvalue weighted by atomic mass is 9.88. The summed E-state index contributed by atoms with van der Waals surface area (Å²) in [7, 11) is 1.85. The van der Waals surface area contributed by atoms with Gasteiger partial charge in [-0.15, -0.1) is 10.2 Å². The molecule has 0 saturated carbocycles. The molecule has 16 heavy (non-hydrogen) atoms. The van der Waals surface area contributed by atoms with Crippen molar-refractivity contribution >= 4 is 5.97 Å². The van der Waals surface area contributed by atoms with Gasteiger partial charge in [-0.1, -0.05) is 5.21 Å². The second kappa shape index (κ2) is 4.56. The van der Waals surface area contributed by atoms with Gasteiger partial charge < -0.3 is 5.11 Å². The number of aromatic amines is 1. The Balaban J connectivity index is 1.95. The number of hydrogen-bond donors (Lipinski definition) is 2. The van der Waals surface area contributed by atoms with Crippen molar-refractivity contribution in [2.75, 3.05) is 13.6 Å². The lowest BCUT2D eigenvalue weighted by molar-refractivity contribution is -0.144. The first kappa shape index (κ1) is 11.0. The van der Waals surface area contributed by atoms with Crippen LogP contribution in [0.1, 0.15) is 18.7 Å². The van der Waals surface area contributed by atoms with Gasteiger partial charge in [0, 0.05) is 6.42 Å². The molecule has 2 rings (SSSR count). The molecular formula is C9H15N5O2. The van der Waals surface area contributed by atoms with Crippen LogP contribution in [0.5, 0.6) is 0 Å². The average molecular weight is 225 g/mol. The number of tetrazole rings is 1. The molecular weight excluding hydrogens is 210 g/mol. The summed E-state index contributed by atoms with van der Waals surface area (Å²) in [5, 5.41) is 22.7. The molecule has 7 nitrogen and oxygen atoms in total. The smallest absolute Gasteiger partial charge is 0.320 e. The Bertz CT molecular complexity index is 353. The van der Waals surface area contributed by atoms with Crippen molar-refractivity contribution in [1.82, 2.24) is 25.5 Å². The summed E-state index contributed by atoms with van der Waals surface area (Å²) in [6.45, 7) is 0.805. The van der Waals surface area contributed by atoms with Crippen LogP contribution in [0.25, 0.3) is 0 Å². The molecule has 0 amide bonds. The SMILES string of the molecule is CN1CC[C@H](Cc2nn[nH]n2)C[C@@H]1C(=O)O. The number of hydrogen-bond acceptors (Lipinski definition) is 5. The third-order valence-electron chi connectivity index (χ3n) is 3.12. The van der Waals surface area contributed by atoms with Crippen LogP contribution in [-0.2, 0) is 11.2 Å². The highest BCUT2D eigenvalue weighted by molar-refractivity contribution is 5.73. The van der Waals surface area contributed by atoms with E-state index in [1.807, 2.05) is 11.9 Å². The number of carbonyl (C=O) groups is 1. The predicted octanol–water partition coefficient (Wildman–Crippen LogP) is -0.463. The summed E-state index contributed by atoms with van der Waals surface area (Å²) in [6, 6.07) is -0.384. The molecule has 7 heteroatoms. The zero-order valence-electron chi connectivity index (χ0n) is 9.13. The average Bonchev–Trinajstić information content (AvgIpc) is 2.73. The van der Waals surface area contributed by atoms with Crippen molar-refractivity contribution in [3.63, 3.8) is 0 Å². The highest BCUT2D eigenvalue weighted by Gasteiger charge is 2.31. The van der Waals surface area contributed by atoms with Crippen LogP contribution in [-0.4, -0.2) is 56.2 Å². The van der Waals surface area contributed by atoms with Gasteiger partial charge >= 0.3 is 5.97 Å². The first-order valence-corrected chi connectivity index (χ1v) is 5.32. The van der Waals surface area contributed by atoms with Crippen LogP contribution in [0.2, 0.25) is 0 Å². The predicted molar refractivity (Wildman–Crippen MR) is 54.7 cm³/mol. The molecule has 1 aromatic heterocycles. The number of rotatable bonds is 3. The minimum Gasteiger partial charge on any atom is -0.480 e. The summed E-state index contributed by atoms with van der Waals surface area (Å²) >= 11 is 0. The van der Waals surface area contributed by atoms with Gasteiger partial charge in [-0.2, -0.15) is 5.21 Å². The maximum atomic E-state index is 11.0. The lowest BCUT2D eigenvalue weighted by Crippen LogP contribution is -2.45. The minimum atomic E-state index is -0.750. The monoisotopic (exact) mass is 225 g/mol. The molecule has 1 saturated heterocycles. The Labute approximate surface area is 92.8 Å². The van der Waals surface area contributed by atoms with E-state index in [1.165, 1.54) is 0 Å². The quantitative estimate of drug-likeness (QED) is 0.722. The molecule has 1 aliphatic heterocycles. The number of carboxylic acid groups (broad SMARTS) is 1. The Hall–Kier alpha value is -1.50. The van der Waals surface area contributed by atoms with Crippen molar-refractivity contribution < 1.29 is 9.90 Å². The van der Waals surface area contributed by atoms with Gasteiger partial charge in [-0.05, 0) is 32.4 Å². The first-order valence-electron chi connectivity index (χ1n) is 5.32. The second-order valence-corrected chi connectivity index (χ2v) is 4.26. The van der Waals surface area contributed by atoms with Gasteiger partial charge in [-0.3, -0.25) is 9.69 Å². The van der Waals surface area contributed by atoms with E-state index in [4.69, 9.17) is 5.11 Å². The first-order chi connectivity index (χ1) is 7.66. The topological polar surface area (TPSA) is 95.0 Å². The number of carboxylic acids is 1. The molecule has 1 fully saturated rings. The van der Waals surface area contributed by atoms with E-state index in [-0.39, 0.29) is 6.04 Å². The number of H-pyrrole nitrogens is 1. The minimum absolute atomic E-state index is 0.329. The summed E-state index contributed by atoms with van der Waals surface area (Å²) in [6.07, 6.45) is 2.34. The number of aromatic nitrogens is 4. The van der Waals surface area contributed by atoms with E-state index in [0.717, 1.165) is 13.0 Å². The molecule has 0 spiro atoms. The van der Waals surface area contributed by atoms with Gasteiger partial charge in [0.25, 0.3) is 0 Å². The Morgan fingerprint density at radius 2 is 2.50 bits per heavy atom. The fourth-order valence-electron chi connectivity index (χ4n) is 2.16. The van der Waals surface area contributed by atoms with Crippen molar-refractivity contribution in [2.45, 2.75) is 25.3 Å².